The molecule has 0 radical (unpaired) electrons. The summed E-state index contributed by atoms with van der Waals surface area (Å²) < 4.78 is 0. The van der Waals surface area contributed by atoms with Crippen molar-refractivity contribution in [1.82, 2.24) is 4.98 Å². The van der Waals surface area contributed by atoms with Crippen LogP contribution >= 0.6 is 0 Å². The van der Waals surface area contributed by atoms with Crippen LogP contribution in [0.25, 0.3) is 10.9 Å². The monoisotopic (exact) mass is 199 g/mol. The van der Waals surface area contributed by atoms with Gasteiger partial charge in [0.15, 0.2) is 0 Å². The van der Waals surface area contributed by atoms with Crippen LogP contribution in [0.15, 0.2) is 24.3 Å². The van der Waals surface area contributed by atoms with E-state index in [1.54, 1.807) is 0 Å². The SMILES string of the molecule is CCN(C)c1[nH]c2ccccc2c1C#N. The number of fused-ring (bicyclic) bond motifs is 1. The number of nitrogens with one attached hydrogen (secondary N) is 1. The molecule has 0 aliphatic heterocycles. The Morgan fingerprint density at radius 3 is 2.80 bits per heavy atom. The molecule has 1 N–H and O–H groups in total. The van der Waals surface area contributed by atoms with Crippen LogP contribution in [0, 0.1) is 11.3 Å². The standard InChI is InChI=1S/C12H13N3/c1-3-15(2)12-10(8-13)9-6-4-5-7-11(9)14-12/h4-7,14H,3H2,1-2H3. The average molecular weight is 199 g/mol. The number of hydrogen-bond donors (Lipinski definition) is 1. The minimum atomic E-state index is 0.731. The number of aromatic nitrogens is 1. The van der Waals surface area contributed by atoms with Gasteiger partial charge in [-0.25, -0.2) is 0 Å². The molecular weight excluding hydrogens is 186 g/mol. The lowest BCUT2D eigenvalue weighted by atomic mass is 10.2. The largest absolute Gasteiger partial charge is 0.360 e. The molecule has 0 aliphatic carbocycles. The van der Waals surface area contributed by atoms with Gasteiger partial charge in [0.2, 0.25) is 0 Å². The molecular formula is C12H13N3. The second-order valence-corrected chi connectivity index (χ2v) is 3.52. The second kappa shape index (κ2) is 3.66. The van der Waals surface area contributed by atoms with E-state index >= 15 is 0 Å². The van der Waals surface area contributed by atoms with Crippen molar-refractivity contribution in [2.45, 2.75) is 6.92 Å². The first-order chi connectivity index (χ1) is 7.27. The fourth-order valence-corrected chi connectivity index (χ4v) is 1.69. The average Bonchev–Trinajstić information content (AvgIpc) is 2.66. The number of para-hydroxylation sites is 1. The number of aromatic amines is 1. The van der Waals surface area contributed by atoms with Gasteiger partial charge in [-0.3, -0.25) is 0 Å². The van der Waals surface area contributed by atoms with Crippen LogP contribution in [0.2, 0.25) is 0 Å². The highest BCUT2D eigenvalue weighted by molar-refractivity contribution is 5.91. The number of hydrogen-bond acceptors (Lipinski definition) is 2. The van der Waals surface area contributed by atoms with Gasteiger partial charge in [0, 0.05) is 24.5 Å². The van der Waals surface area contributed by atoms with Crippen molar-refractivity contribution in [3.63, 3.8) is 0 Å². The molecule has 0 amide bonds. The molecule has 1 aromatic carbocycles. The summed E-state index contributed by atoms with van der Waals surface area (Å²) in [4.78, 5) is 5.31. The molecule has 1 aromatic heterocycles. The smallest absolute Gasteiger partial charge is 0.124 e. The maximum atomic E-state index is 9.15. The minimum Gasteiger partial charge on any atom is -0.360 e. The van der Waals surface area contributed by atoms with Gasteiger partial charge in [-0.1, -0.05) is 18.2 Å². The second-order valence-electron chi connectivity index (χ2n) is 3.52. The Labute approximate surface area is 88.9 Å². The lowest BCUT2D eigenvalue weighted by Gasteiger charge is -2.14. The Hall–Kier alpha value is -1.95. The molecule has 0 spiro atoms. The zero-order valence-electron chi connectivity index (χ0n) is 8.91. The van der Waals surface area contributed by atoms with Crippen LogP contribution in [-0.2, 0) is 0 Å². The van der Waals surface area contributed by atoms with Crippen LogP contribution in [0.1, 0.15) is 12.5 Å². The van der Waals surface area contributed by atoms with Crippen molar-refractivity contribution in [3.05, 3.63) is 29.8 Å². The van der Waals surface area contributed by atoms with Crippen molar-refractivity contribution in [1.29, 1.82) is 5.26 Å². The van der Waals surface area contributed by atoms with Crippen molar-refractivity contribution >= 4 is 16.7 Å². The topological polar surface area (TPSA) is 42.8 Å². The van der Waals surface area contributed by atoms with Crippen molar-refractivity contribution in [3.8, 4) is 6.07 Å². The molecule has 0 fully saturated rings. The van der Waals surface area contributed by atoms with Gasteiger partial charge in [0.1, 0.15) is 17.5 Å². The van der Waals surface area contributed by atoms with E-state index in [1.165, 1.54) is 0 Å². The van der Waals surface area contributed by atoms with Gasteiger partial charge >= 0.3 is 0 Å². The fraction of sp³-hybridized carbons (Fsp3) is 0.250. The van der Waals surface area contributed by atoms with Gasteiger partial charge in [0.25, 0.3) is 0 Å². The van der Waals surface area contributed by atoms with Gasteiger partial charge in [-0.05, 0) is 13.0 Å². The van der Waals surface area contributed by atoms with E-state index in [4.69, 9.17) is 5.26 Å². The fourth-order valence-electron chi connectivity index (χ4n) is 1.69. The maximum absolute atomic E-state index is 9.15. The normalized spacial score (nSPS) is 10.2. The summed E-state index contributed by atoms with van der Waals surface area (Å²) in [6, 6.07) is 10.1. The zero-order valence-corrected chi connectivity index (χ0v) is 8.91. The molecule has 0 saturated carbocycles. The number of anilines is 1. The lowest BCUT2D eigenvalue weighted by Crippen LogP contribution is -2.17. The van der Waals surface area contributed by atoms with Crippen LogP contribution in [-0.4, -0.2) is 18.6 Å². The van der Waals surface area contributed by atoms with E-state index < -0.39 is 0 Å². The molecule has 1 heterocycles. The van der Waals surface area contributed by atoms with Gasteiger partial charge in [0.05, 0.1) is 0 Å². The lowest BCUT2D eigenvalue weighted by molar-refractivity contribution is 0.947. The molecule has 0 saturated heterocycles. The number of H-pyrrole nitrogens is 1. The Bertz CT molecular complexity index is 519. The van der Waals surface area contributed by atoms with Crippen LogP contribution in [0.5, 0.6) is 0 Å². The van der Waals surface area contributed by atoms with E-state index in [2.05, 4.69) is 18.0 Å². The van der Waals surface area contributed by atoms with Crippen LogP contribution in [0.3, 0.4) is 0 Å². The molecule has 0 unspecified atom stereocenters. The quantitative estimate of drug-likeness (QED) is 0.807. The molecule has 0 atom stereocenters. The number of nitriles is 1. The van der Waals surface area contributed by atoms with Crippen molar-refractivity contribution in [2.75, 3.05) is 18.5 Å². The number of rotatable bonds is 2. The summed E-state index contributed by atoms with van der Waals surface area (Å²) in [5.74, 6) is 0.904. The van der Waals surface area contributed by atoms with E-state index in [0.29, 0.717) is 0 Å². The molecule has 3 nitrogen and oxygen atoms in total. The first-order valence-electron chi connectivity index (χ1n) is 5.00. The Morgan fingerprint density at radius 2 is 2.13 bits per heavy atom. The van der Waals surface area contributed by atoms with E-state index in [9.17, 15) is 0 Å². The molecule has 2 rings (SSSR count). The third kappa shape index (κ3) is 1.44. The summed E-state index contributed by atoms with van der Waals surface area (Å²) in [6.07, 6.45) is 0. The summed E-state index contributed by atoms with van der Waals surface area (Å²) in [5.41, 5.74) is 1.75. The summed E-state index contributed by atoms with van der Waals surface area (Å²) in [6.45, 7) is 2.94. The molecule has 0 bridgehead atoms. The van der Waals surface area contributed by atoms with Gasteiger partial charge in [-0.15, -0.1) is 0 Å². The maximum Gasteiger partial charge on any atom is 0.124 e. The highest BCUT2D eigenvalue weighted by Gasteiger charge is 2.12. The Kier molecular flexibility index (Phi) is 2.34. The van der Waals surface area contributed by atoms with E-state index in [-0.39, 0.29) is 0 Å². The molecule has 2 aromatic rings. The zero-order chi connectivity index (χ0) is 10.8. The van der Waals surface area contributed by atoms with Crippen molar-refractivity contribution < 1.29 is 0 Å². The molecule has 76 valence electrons. The molecule has 3 heteroatoms. The van der Waals surface area contributed by atoms with Crippen LogP contribution < -0.4 is 4.90 Å². The van der Waals surface area contributed by atoms with Crippen molar-refractivity contribution in [2.24, 2.45) is 0 Å². The van der Waals surface area contributed by atoms with E-state index in [0.717, 1.165) is 28.8 Å². The van der Waals surface area contributed by atoms with Gasteiger partial charge in [-0.2, -0.15) is 5.26 Å². The Morgan fingerprint density at radius 1 is 1.40 bits per heavy atom. The predicted molar refractivity (Wildman–Crippen MR) is 62.0 cm³/mol. The highest BCUT2D eigenvalue weighted by atomic mass is 15.2. The summed E-state index contributed by atoms with van der Waals surface area (Å²) >= 11 is 0. The van der Waals surface area contributed by atoms with Crippen LogP contribution in [0.4, 0.5) is 5.82 Å². The Balaban J connectivity index is 2.71. The third-order valence-electron chi connectivity index (χ3n) is 2.65. The minimum absolute atomic E-state index is 0.731. The van der Waals surface area contributed by atoms with E-state index in [1.807, 2.05) is 36.2 Å². The summed E-state index contributed by atoms with van der Waals surface area (Å²) in [7, 11) is 1.98. The van der Waals surface area contributed by atoms with Gasteiger partial charge < -0.3 is 9.88 Å². The summed E-state index contributed by atoms with van der Waals surface area (Å²) in [5, 5.41) is 10.1. The molecule has 15 heavy (non-hydrogen) atoms. The first kappa shape index (κ1) is 9.60. The highest BCUT2D eigenvalue weighted by Crippen LogP contribution is 2.27. The predicted octanol–water partition coefficient (Wildman–Crippen LogP) is 2.50. The third-order valence-corrected chi connectivity index (χ3v) is 2.65. The first-order valence-corrected chi connectivity index (χ1v) is 5.00. The number of nitrogens with zero attached hydrogens (tertiary/aromatic N) is 2. The number of benzene rings is 1. The molecule has 0 aliphatic rings.